The van der Waals surface area contributed by atoms with Crippen molar-refractivity contribution in [1.82, 2.24) is 9.97 Å². The number of rotatable bonds is 6. The van der Waals surface area contributed by atoms with Crippen LogP contribution in [-0.4, -0.2) is 30.2 Å². The number of esters is 1. The SMILES string of the molecule is CO/C=C(/C(=O)OC)c1ccccc1CSc1nc2c(oc3ccccc32)c(=O)[nH]1. The number of benzene rings is 2. The van der Waals surface area contributed by atoms with E-state index < -0.39 is 5.97 Å². The van der Waals surface area contributed by atoms with Gasteiger partial charge in [0.2, 0.25) is 5.58 Å². The molecule has 0 amide bonds. The van der Waals surface area contributed by atoms with Crippen LogP contribution in [0.15, 0.2) is 69.2 Å². The smallest absolute Gasteiger partial charge is 0.341 e. The maximum Gasteiger partial charge on any atom is 0.341 e. The molecule has 0 saturated heterocycles. The second-order valence-electron chi connectivity index (χ2n) is 6.35. The molecule has 0 aliphatic heterocycles. The molecule has 0 radical (unpaired) electrons. The summed E-state index contributed by atoms with van der Waals surface area (Å²) in [5.74, 6) is -0.0227. The minimum atomic E-state index is -0.493. The molecular formula is C22H18N2O5S. The number of furan rings is 1. The van der Waals surface area contributed by atoms with Crippen molar-refractivity contribution in [1.29, 1.82) is 0 Å². The third-order valence-electron chi connectivity index (χ3n) is 4.52. The summed E-state index contributed by atoms with van der Waals surface area (Å²) in [5.41, 5.74) is 2.89. The zero-order valence-corrected chi connectivity index (χ0v) is 17.1. The zero-order chi connectivity index (χ0) is 21.1. The van der Waals surface area contributed by atoms with Crippen molar-refractivity contribution in [2.75, 3.05) is 14.2 Å². The van der Waals surface area contributed by atoms with Crippen LogP contribution in [-0.2, 0) is 20.0 Å². The van der Waals surface area contributed by atoms with E-state index in [0.717, 1.165) is 10.9 Å². The molecule has 1 N–H and O–H groups in total. The molecule has 0 aliphatic rings. The molecule has 0 atom stereocenters. The number of H-pyrrole nitrogens is 1. The molecule has 2 heterocycles. The average molecular weight is 422 g/mol. The Morgan fingerprint density at radius 3 is 2.73 bits per heavy atom. The summed E-state index contributed by atoms with van der Waals surface area (Å²) in [4.78, 5) is 32.0. The van der Waals surface area contributed by atoms with Crippen LogP contribution in [0.3, 0.4) is 0 Å². The molecule has 7 nitrogen and oxygen atoms in total. The molecule has 2 aromatic heterocycles. The van der Waals surface area contributed by atoms with Gasteiger partial charge in [-0.3, -0.25) is 9.78 Å². The molecule has 0 bridgehead atoms. The quantitative estimate of drug-likeness (QED) is 0.164. The lowest BCUT2D eigenvalue weighted by Gasteiger charge is -2.11. The van der Waals surface area contributed by atoms with Crippen LogP contribution < -0.4 is 5.56 Å². The van der Waals surface area contributed by atoms with Crippen LogP contribution in [0, 0.1) is 0 Å². The number of fused-ring (bicyclic) bond motifs is 3. The number of aromatic nitrogens is 2. The molecule has 0 saturated carbocycles. The molecule has 2 aromatic carbocycles. The lowest BCUT2D eigenvalue weighted by atomic mass is 10.0. The zero-order valence-electron chi connectivity index (χ0n) is 16.3. The van der Waals surface area contributed by atoms with E-state index in [4.69, 9.17) is 13.9 Å². The van der Waals surface area contributed by atoms with Gasteiger partial charge in [-0.05, 0) is 23.3 Å². The highest BCUT2D eigenvalue weighted by Gasteiger charge is 2.18. The van der Waals surface area contributed by atoms with E-state index in [1.165, 1.54) is 32.2 Å². The van der Waals surface area contributed by atoms with Crippen LogP contribution >= 0.6 is 11.8 Å². The number of carbonyl (C=O) groups excluding carboxylic acids is 1. The molecule has 0 unspecified atom stereocenters. The summed E-state index contributed by atoms with van der Waals surface area (Å²) < 4.78 is 15.6. The largest absolute Gasteiger partial charge is 0.503 e. The number of hydrogen-bond donors (Lipinski definition) is 1. The fourth-order valence-corrected chi connectivity index (χ4v) is 4.02. The van der Waals surface area contributed by atoms with Crippen molar-refractivity contribution in [2.45, 2.75) is 10.9 Å². The van der Waals surface area contributed by atoms with Gasteiger partial charge in [-0.15, -0.1) is 0 Å². The lowest BCUT2D eigenvalue weighted by molar-refractivity contribution is -0.133. The Morgan fingerprint density at radius 2 is 1.93 bits per heavy atom. The minimum absolute atomic E-state index is 0.206. The summed E-state index contributed by atoms with van der Waals surface area (Å²) in [6.07, 6.45) is 1.36. The summed E-state index contributed by atoms with van der Waals surface area (Å²) >= 11 is 1.35. The predicted octanol–water partition coefficient (Wildman–Crippen LogP) is 4.12. The fourth-order valence-electron chi connectivity index (χ4n) is 3.15. The first-order valence-corrected chi connectivity index (χ1v) is 10.0. The van der Waals surface area contributed by atoms with E-state index in [0.29, 0.717) is 33.1 Å². The number of ether oxygens (including phenoxy) is 2. The van der Waals surface area contributed by atoms with Crippen LogP contribution in [0.2, 0.25) is 0 Å². The second kappa shape index (κ2) is 8.46. The van der Waals surface area contributed by atoms with Crippen LogP contribution in [0.25, 0.3) is 27.6 Å². The van der Waals surface area contributed by atoms with Gasteiger partial charge in [-0.25, -0.2) is 9.78 Å². The van der Waals surface area contributed by atoms with Gasteiger partial charge in [0.15, 0.2) is 5.16 Å². The van der Waals surface area contributed by atoms with Gasteiger partial charge < -0.3 is 13.9 Å². The van der Waals surface area contributed by atoms with Crippen molar-refractivity contribution in [3.63, 3.8) is 0 Å². The Morgan fingerprint density at radius 1 is 1.17 bits per heavy atom. The monoisotopic (exact) mass is 422 g/mol. The predicted molar refractivity (Wildman–Crippen MR) is 115 cm³/mol. The number of nitrogens with zero attached hydrogens (tertiary/aromatic N) is 1. The fraction of sp³-hybridized carbons (Fsp3) is 0.136. The van der Waals surface area contributed by atoms with Crippen LogP contribution in [0.5, 0.6) is 0 Å². The molecule has 152 valence electrons. The lowest BCUT2D eigenvalue weighted by Crippen LogP contribution is -2.08. The van der Waals surface area contributed by atoms with Gasteiger partial charge >= 0.3 is 5.97 Å². The summed E-state index contributed by atoms with van der Waals surface area (Å²) in [6, 6.07) is 14.8. The van der Waals surface area contributed by atoms with Gasteiger partial charge in [-0.1, -0.05) is 48.2 Å². The van der Waals surface area contributed by atoms with Crippen molar-refractivity contribution in [3.05, 3.63) is 76.3 Å². The van der Waals surface area contributed by atoms with Crippen LogP contribution in [0.4, 0.5) is 0 Å². The first-order chi connectivity index (χ1) is 14.6. The van der Waals surface area contributed by atoms with Gasteiger partial charge in [0.05, 0.1) is 20.5 Å². The van der Waals surface area contributed by atoms with Gasteiger partial charge in [0.1, 0.15) is 16.7 Å². The van der Waals surface area contributed by atoms with E-state index in [1.807, 2.05) is 42.5 Å². The number of para-hydroxylation sites is 1. The summed E-state index contributed by atoms with van der Waals surface area (Å²) in [6.45, 7) is 0. The third-order valence-corrected chi connectivity index (χ3v) is 5.44. The maximum absolute atomic E-state index is 12.5. The molecule has 4 aromatic rings. The number of carbonyl (C=O) groups is 1. The highest BCUT2D eigenvalue weighted by atomic mass is 32.2. The summed E-state index contributed by atoms with van der Waals surface area (Å²) in [5, 5.41) is 1.25. The Balaban J connectivity index is 1.68. The van der Waals surface area contributed by atoms with Crippen molar-refractivity contribution < 1.29 is 18.7 Å². The first kappa shape index (κ1) is 19.8. The van der Waals surface area contributed by atoms with E-state index in [9.17, 15) is 9.59 Å². The van der Waals surface area contributed by atoms with E-state index >= 15 is 0 Å². The Bertz CT molecular complexity index is 1320. The van der Waals surface area contributed by atoms with Crippen molar-refractivity contribution in [2.24, 2.45) is 0 Å². The standard InChI is InChI=1S/C22H18N2O5S/c1-27-11-16(21(26)28-2)14-8-4-3-7-13(14)12-30-22-23-18-15-9-5-6-10-17(15)29-19(18)20(25)24-22/h3-11H,12H2,1-2H3,(H,23,24,25)/b16-11+. The topological polar surface area (TPSA) is 94.4 Å². The number of methoxy groups -OCH3 is 2. The Hall–Kier alpha value is -3.52. The van der Waals surface area contributed by atoms with Crippen molar-refractivity contribution in [3.8, 4) is 0 Å². The van der Waals surface area contributed by atoms with Crippen molar-refractivity contribution >= 4 is 45.4 Å². The number of hydrogen-bond acceptors (Lipinski definition) is 7. The first-order valence-electron chi connectivity index (χ1n) is 9.06. The number of thioether (sulfide) groups is 1. The van der Waals surface area contributed by atoms with E-state index in [1.54, 1.807) is 6.07 Å². The Labute approximate surface area is 175 Å². The minimum Gasteiger partial charge on any atom is -0.503 e. The third kappa shape index (κ3) is 3.69. The van der Waals surface area contributed by atoms with E-state index in [-0.39, 0.29) is 11.1 Å². The highest BCUT2D eigenvalue weighted by molar-refractivity contribution is 7.98. The molecule has 0 aliphatic carbocycles. The summed E-state index contributed by atoms with van der Waals surface area (Å²) in [7, 11) is 2.79. The maximum atomic E-state index is 12.5. The molecule has 8 heteroatoms. The number of nitrogens with one attached hydrogen (secondary N) is 1. The second-order valence-corrected chi connectivity index (χ2v) is 7.32. The van der Waals surface area contributed by atoms with Crippen LogP contribution in [0.1, 0.15) is 11.1 Å². The molecule has 0 fully saturated rings. The van der Waals surface area contributed by atoms with E-state index in [2.05, 4.69) is 9.97 Å². The number of aromatic amines is 1. The Kier molecular flexibility index (Phi) is 5.58. The van der Waals surface area contributed by atoms with Gasteiger partial charge in [0.25, 0.3) is 5.56 Å². The molecule has 30 heavy (non-hydrogen) atoms. The normalized spacial score (nSPS) is 11.7. The van der Waals surface area contributed by atoms with Gasteiger partial charge in [0, 0.05) is 11.1 Å². The average Bonchev–Trinajstić information content (AvgIpc) is 3.15. The molecule has 0 spiro atoms. The molecular weight excluding hydrogens is 404 g/mol. The molecule has 4 rings (SSSR count). The van der Waals surface area contributed by atoms with Gasteiger partial charge in [-0.2, -0.15) is 0 Å². The highest BCUT2D eigenvalue weighted by Crippen LogP contribution is 2.29.